The molecule has 1 aliphatic heterocycles. The number of ether oxygens (including phenoxy) is 2. The van der Waals surface area contributed by atoms with Gasteiger partial charge in [0.25, 0.3) is 5.56 Å². The van der Waals surface area contributed by atoms with E-state index >= 15 is 0 Å². The molecule has 110 valence electrons. The topological polar surface area (TPSA) is 53.4 Å². The van der Waals surface area contributed by atoms with Gasteiger partial charge in [0, 0.05) is 18.4 Å². The lowest BCUT2D eigenvalue weighted by atomic mass is 10.1. The number of rotatable bonds is 3. The van der Waals surface area contributed by atoms with Crippen molar-refractivity contribution in [2.75, 3.05) is 0 Å². The Labute approximate surface area is 118 Å². The average Bonchev–Trinajstić information content (AvgIpc) is 2.71. The molecule has 0 saturated heterocycles. The Hall–Kier alpha value is -2.44. The Bertz CT molecular complexity index is 743. The first kappa shape index (κ1) is 13.5. The second-order valence-corrected chi connectivity index (χ2v) is 4.74. The van der Waals surface area contributed by atoms with Crippen LogP contribution in [0.2, 0.25) is 0 Å². The minimum Gasteiger partial charge on any atom is -0.395 e. The number of hydrogen-bond acceptors (Lipinski definition) is 4. The predicted octanol–water partition coefficient (Wildman–Crippen LogP) is 2.12. The van der Waals surface area contributed by atoms with Crippen molar-refractivity contribution in [1.29, 1.82) is 0 Å². The number of benzene rings is 1. The first-order valence-corrected chi connectivity index (χ1v) is 6.35. The number of nitrogens with zero attached hydrogens (tertiary/aromatic N) is 2. The molecule has 1 aliphatic rings. The smallest absolute Gasteiger partial charge is 0.395 e. The first-order chi connectivity index (χ1) is 9.94. The maximum absolute atomic E-state index is 12.9. The Morgan fingerprint density at radius 2 is 2.00 bits per heavy atom. The van der Waals surface area contributed by atoms with Crippen molar-refractivity contribution in [2.45, 2.75) is 26.2 Å². The normalized spacial score (nSPS) is 15.2. The maximum Gasteiger partial charge on any atom is 0.586 e. The fraction of sp³-hybridized carbons (Fsp3) is 0.286. The quantitative estimate of drug-likeness (QED) is 0.870. The van der Waals surface area contributed by atoms with Crippen molar-refractivity contribution in [1.82, 2.24) is 9.55 Å². The molecule has 0 bridgehead atoms. The van der Waals surface area contributed by atoms with E-state index < -0.39 is 6.29 Å². The van der Waals surface area contributed by atoms with Gasteiger partial charge in [-0.15, -0.1) is 8.78 Å². The van der Waals surface area contributed by atoms with E-state index in [2.05, 4.69) is 14.5 Å². The third-order valence-electron chi connectivity index (χ3n) is 3.23. The summed E-state index contributed by atoms with van der Waals surface area (Å²) in [5, 5.41) is 0. The molecule has 21 heavy (non-hydrogen) atoms. The lowest BCUT2D eigenvalue weighted by Crippen LogP contribution is -2.25. The van der Waals surface area contributed by atoms with E-state index in [9.17, 15) is 13.6 Å². The molecule has 0 aliphatic carbocycles. The molecule has 0 N–H and O–H groups in total. The number of aromatic nitrogens is 2. The molecule has 0 saturated carbocycles. The molecule has 0 fully saturated rings. The fourth-order valence-corrected chi connectivity index (χ4v) is 2.20. The summed E-state index contributed by atoms with van der Waals surface area (Å²) in [5.41, 5.74) is 1.33. The molecule has 0 atom stereocenters. The van der Waals surface area contributed by atoms with Crippen molar-refractivity contribution >= 4 is 0 Å². The van der Waals surface area contributed by atoms with Gasteiger partial charge in [0.05, 0.1) is 6.20 Å². The van der Waals surface area contributed by atoms with Crippen molar-refractivity contribution in [2.24, 2.45) is 0 Å². The van der Waals surface area contributed by atoms with Gasteiger partial charge < -0.3 is 14.0 Å². The third kappa shape index (κ3) is 2.72. The van der Waals surface area contributed by atoms with Crippen LogP contribution in [0.1, 0.15) is 11.3 Å². The van der Waals surface area contributed by atoms with Gasteiger partial charge in [-0.3, -0.25) is 9.78 Å². The summed E-state index contributed by atoms with van der Waals surface area (Å²) < 4.78 is 36.2. The number of hydrogen-bond donors (Lipinski definition) is 0. The van der Waals surface area contributed by atoms with Gasteiger partial charge in [0.15, 0.2) is 11.5 Å². The number of aryl methyl sites for hydroxylation is 2. The third-order valence-corrected chi connectivity index (χ3v) is 3.23. The van der Waals surface area contributed by atoms with E-state index in [4.69, 9.17) is 0 Å². The molecule has 3 rings (SSSR count). The summed E-state index contributed by atoms with van der Waals surface area (Å²) in [7, 11) is 0. The molecule has 0 unspecified atom stereocenters. The highest BCUT2D eigenvalue weighted by molar-refractivity contribution is 5.45. The largest absolute Gasteiger partial charge is 0.586 e. The van der Waals surface area contributed by atoms with Gasteiger partial charge in [-0.05, 0) is 31.0 Å². The van der Waals surface area contributed by atoms with Gasteiger partial charge in [-0.1, -0.05) is 6.07 Å². The highest BCUT2D eigenvalue weighted by atomic mass is 19.3. The number of halogens is 2. The van der Waals surface area contributed by atoms with E-state index in [1.165, 1.54) is 18.3 Å². The van der Waals surface area contributed by atoms with Crippen LogP contribution in [0.25, 0.3) is 0 Å². The summed E-state index contributed by atoms with van der Waals surface area (Å²) >= 11 is 0. The minimum absolute atomic E-state index is 0.0105. The van der Waals surface area contributed by atoms with Crippen molar-refractivity contribution in [3.63, 3.8) is 0 Å². The molecule has 2 heterocycles. The molecular formula is C14H12F2N2O3. The number of fused-ring (bicyclic) bond motifs is 1. The molecule has 1 aromatic heterocycles. The molecule has 0 spiro atoms. The summed E-state index contributed by atoms with van der Waals surface area (Å²) in [6.45, 7) is 2.22. The van der Waals surface area contributed by atoms with Crippen LogP contribution in [0.3, 0.4) is 0 Å². The first-order valence-electron chi connectivity index (χ1n) is 6.35. The van der Waals surface area contributed by atoms with Crippen LogP contribution in [-0.4, -0.2) is 15.8 Å². The summed E-state index contributed by atoms with van der Waals surface area (Å²) in [6.07, 6.45) is -0.263. The van der Waals surface area contributed by atoms with Gasteiger partial charge in [0.1, 0.15) is 0 Å². The van der Waals surface area contributed by atoms with E-state index in [-0.39, 0.29) is 17.1 Å². The molecule has 5 nitrogen and oxygen atoms in total. The zero-order chi connectivity index (χ0) is 15.0. The summed E-state index contributed by atoms with van der Waals surface area (Å²) in [5.74, 6) is 0.0253. The molecule has 0 amide bonds. The molecule has 1 aromatic carbocycles. The minimum atomic E-state index is -3.61. The Kier molecular flexibility index (Phi) is 3.12. The van der Waals surface area contributed by atoms with Crippen molar-refractivity contribution in [3.05, 3.63) is 52.2 Å². The Morgan fingerprint density at radius 1 is 1.24 bits per heavy atom. The van der Waals surface area contributed by atoms with E-state index in [0.717, 1.165) is 11.3 Å². The molecule has 2 aromatic rings. The lowest BCUT2D eigenvalue weighted by Gasteiger charge is -2.09. The highest BCUT2D eigenvalue weighted by Gasteiger charge is 2.43. The Morgan fingerprint density at radius 3 is 2.76 bits per heavy atom. The fourth-order valence-electron chi connectivity index (χ4n) is 2.20. The molecule has 7 heteroatoms. The van der Waals surface area contributed by atoms with E-state index in [1.807, 2.05) is 0 Å². The maximum atomic E-state index is 12.9. The lowest BCUT2D eigenvalue weighted by molar-refractivity contribution is -0.286. The average molecular weight is 294 g/mol. The van der Waals surface area contributed by atoms with Gasteiger partial charge >= 0.3 is 6.29 Å². The second kappa shape index (κ2) is 4.83. The van der Waals surface area contributed by atoms with Gasteiger partial charge in [0.2, 0.25) is 0 Å². The Balaban J connectivity index is 1.77. The van der Waals surface area contributed by atoms with Gasteiger partial charge in [-0.2, -0.15) is 0 Å². The zero-order valence-corrected chi connectivity index (χ0v) is 11.2. The monoisotopic (exact) mass is 294 g/mol. The molecule has 0 radical (unpaired) electrons. The predicted molar refractivity (Wildman–Crippen MR) is 69.6 cm³/mol. The molecular weight excluding hydrogens is 282 g/mol. The standard InChI is InChI=1S/C14H12F2N2O3/c1-9-7-17-8-13(19)18(9)5-4-10-2-3-11-12(6-10)21-14(15,16)20-11/h2-3,6-8H,4-5H2,1H3. The highest BCUT2D eigenvalue weighted by Crippen LogP contribution is 2.41. The van der Waals surface area contributed by atoms with Crippen LogP contribution in [0.4, 0.5) is 8.78 Å². The van der Waals surface area contributed by atoms with Crippen molar-refractivity contribution < 1.29 is 18.3 Å². The van der Waals surface area contributed by atoms with E-state index in [1.54, 1.807) is 23.8 Å². The van der Waals surface area contributed by atoms with Crippen LogP contribution in [0.15, 0.2) is 35.4 Å². The van der Waals surface area contributed by atoms with Crippen LogP contribution in [0, 0.1) is 6.92 Å². The number of alkyl halides is 2. The zero-order valence-electron chi connectivity index (χ0n) is 11.2. The van der Waals surface area contributed by atoms with E-state index in [0.29, 0.717) is 13.0 Å². The summed E-state index contributed by atoms with van der Waals surface area (Å²) in [6, 6.07) is 4.61. The van der Waals surface area contributed by atoms with Crippen LogP contribution in [0.5, 0.6) is 11.5 Å². The summed E-state index contributed by atoms with van der Waals surface area (Å²) in [4.78, 5) is 15.5. The second-order valence-electron chi connectivity index (χ2n) is 4.74. The van der Waals surface area contributed by atoms with Gasteiger partial charge in [-0.25, -0.2) is 0 Å². The SMILES string of the molecule is Cc1cncc(=O)n1CCc1ccc2c(c1)OC(F)(F)O2. The van der Waals surface area contributed by atoms with Crippen molar-refractivity contribution in [3.8, 4) is 11.5 Å². The van der Waals surface area contributed by atoms with Crippen LogP contribution >= 0.6 is 0 Å². The van der Waals surface area contributed by atoms with Crippen LogP contribution < -0.4 is 15.0 Å². The van der Waals surface area contributed by atoms with Crippen LogP contribution in [-0.2, 0) is 13.0 Å².